The second-order valence-electron chi connectivity index (χ2n) is 5.46. The Bertz CT molecular complexity index is 591. The summed E-state index contributed by atoms with van der Waals surface area (Å²) in [6.07, 6.45) is 3.54. The minimum absolute atomic E-state index is 0.242. The monoisotopic (exact) mass is 300 g/mol. The van der Waals surface area contributed by atoms with Crippen molar-refractivity contribution in [3.05, 3.63) is 23.2 Å². The van der Waals surface area contributed by atoms with Gasteiger partial charge in [0.05, 0.1) is 15.6 Å². The third kappa shape index (κ3) is 2.24. The number of hydrogen-bond donors (Lipinski definition) is 1. The van der Waals surface area contributed by atoms with Crippen molar-refractivity contribution in [1.29, 1.82) is 0 Å². The molecule has 0 spiro atoms. The van der Waals surface area contributed by atoms with Crippen molar-refractivity contribution >= 4 is 27.3 Å². The third-order valence-electron chi connectivity index (χ3n) is 4.30. The highest BCUT2D eigenvalue weighted by Gasteiger charge is 2.41. The highest BCUT2D eigenvalue weighted by molar-refractivity contribution is 7.89. The van der Waals surface area contributed by atoms with Crippen molar-refractivity contribution in [2.24, 2.45) is 11.8 Å². The van der Waals surface area contributed by atoms with Crippen LogP contribution < -0.4 is 5.73 Å². The minimum Gasteiger partial charge on any atom is -0.398 e. The van der Waals surface area contributed by atoms with Gasteiger partial charge in [-0.05, 0) is 42.9 Å². The Morgan fingerprint density at radius 1 is 1.21 bits per heavy atom. The quantitative estimate of drug-likeness (QED) is 0.853. The maximum absolute atomic E-state index is 12.6. The maximum Gasteiger partial charge on any atom is 0.243 e. The summed E-state index contributed by atoms with van der Waals surface area (Å²) in [5, 5.41) is 0.292. The smallest absolute Gasteiger partial charge is 0.243 e. The Labute approximate surface area is 118 Å². The molecule has 1 heterocycles. The molecule has 2 atom stereocenters. The molecule has 2 unspecified atom stereocenters. The van der Waals surface area contributed by atoms with Crippen molar-refractivity contribution in [3.63, 3.8) is 0 Å². The summed E-state index contributed by atoms with van der Waals surface area (Å²) < 4.78 is 26.7. The van der Waals surface area contributed by atoms with Gasteiger partial charge in [-0.2, -0.15) is 4.31 Å². The van der Waals surface area contributed by atoms with Crippen molar-refractivity contribution < 1.29 is 8.42 Å². The third-order valence-corrected chi connectivity index (χ3v) is 6.46. The van der Waals surface area contributed by atoms with Crippen LogP contribution in [0.1, 0.15) is 19.3 Å². The number of sulfonamides is 1. The van der Waals surface area contributed by atoms with Crippen molar-refractivity contribution in [1.82, 2.24) is 4.31 Å². The fourth-order valence-corrected chi connectivity index (χ4v) is 5.03. The molecule has 2 aliphatic rings. The molecule has 0 aromatic heterocycles. The predicted molar refractivity (Wildman–Crippen MR) is 75.5 cm³/mol. The van der Waals surface area contributed by atoms with Crippen LogP contribution in [0, 0.1) is 11.8 Å². The molecular weight excluding hydrogens is 284 g/mol. The molecule has 3 rings (SSSR count). The first-order valence-electron chi connectivity index (χ1n) is 6.53. The van der Waals surface area contributed by atoms with E-state index in [0.29, 0.717) is 35.6 Å². The molecule has 1 aliphatic carbocycles. The van der Waals surface area contributed by atoms with Gasteiger partial charge in [0.25, 0.3) is 0 Å². The van der Waals surface area contributed by atoms with E-state index < -0.39 is 10.0 Å². The van der Waals surface area contributed by atoms with Gasteiger partial charge in [0.15, 0.2) is 0 Å². The van der Waals surface area contributed by atoms with Crippen LogP contribution in [0.4, 0.5) is 5.69 Å². The lowest BCUT2D eigenvalue weighted by molar-refractivity contribution is 0.445. The van der Waals surface area contributed by atoms with E-state index in [1.165, 1.54) is 18.6 Å². The van der Waals surface area contributed by atoms with Gasteiger partial charge in [0.1, 0.15) is 0 Å². The lowest BCUT2D eigenvalue weighted by Gasteiger charge is -2.17. The fourth-order valence-electron chi connectivity index (χ4n) is 3.21. The number of nitrogens with zero attached hydrogens (tertiary/aromatic N) is 1. The van der Waals surface area contributed by atoms with Crippen molar-refractivity contribution in [2.45, 2.75) is 24.2 Å². The lowest BCUT2D eigenvalue weighted by atomic mass is 10.0. The van der Waals surface area contributed by atoms with Gasteiger partial charge in [-0.1, -0.05) is 18.0 Å². The Morgan fingerprint density at radius 3 is 2.42 bits per heavy atom. The molecule has 4 nitrogen and oxygen atoms in total. The topological polar surface area (TPSA) is 63.4 Å². The Balaban J connectivity index is 1.88. The highest BCUT2D eigenvalue weighted by Crippen LogP contribution is 2.40. The number of nitrogen functional groups attached to an aromatic ring is 1. The van der Waals surface area contributed by atoms with Gasteiger partial charge in [-0.3, -0.25) is 0 Å². The lowest BCUT2D eigenvalue weighted by Crippen LogP contribution is -2.29. The van der Waals surface area contributed by atoms with Gasteiger partial charge in [-0.25, -0.2) is 8.42 Å². The molecule has 19 heavy (non-hydrogen) atoms. The Hall–Kier alpha value is -0.780. The zero-order valence-electron chi connectivity index (χ0n) is 10.5. The Kier molecular flexibility index (Phi) is 3.23. The average Bonchev–Trinajstić information content (AvgIpc) is 2.93. The van der Waals surface area contributed by atoms with Crippen LogP contribution in [0.5, 0.6) is 0 Å². The minimum atomic E-state index is -3.43. The van der Waals surface area contributed by atoms with E-state index in [9.17, 15) is 8.42 Å². The summed E-state index contributed by atoms with van der Waals surface area (Å²) in [5.41, 5.74) is 6.02. The standard InChI is InChI=1S/C13H17ClN2O2S/c14-12-6-11(4-5-13(12)15)19(17,18)16-7-9-2-1-3-10(9)8-16/h4-6,9-10H,1-3,7-8,15H2. The molecular formula is C13H17ClN2O2S. The molecule has 0 radical (unpaired) electrons. The molecule has 2 N–H and O–H groups in total. The van der Waals surface area contributed by atoms with Crippen molar-refractivity contribution in [3.8, 4) is 0 Å². The van der Waals surface area contributed by atoms with Crippen LogP contribution in [0.25, 0.3) is 0 Å². The Morgan fingerprint density at radius 2 is 1.84 bits per heavy atom. The van der Waals surface area contributed by atoms with E-state index in [-0.39, 0.29) is 4.90 Å². The van der Waals surface area contributed by atoms with Crippen LogP contribution in [0.15, 0.2) is 23.1 Å². The van der Waals surface area contributed by atoms with Crippen LogP contribution in [0.3, 0.4) is 0 Å². The summed E-state index contributed by atoms with van der Waals surface area (Å²) in [4.78, 5) is 0.242. The summed E-state index contributed by atoms with van der Waals surface area (Å²) in [6.45, 7) is 1.30. The van der Waals surface area contributed by atoms with E-state index >= 15 is 0 Å². The predicted octanol–water partition coefficient (Wildman–Crippen LogP) is 2.34. The summed E-state index contributed by atoms with van der Waals surface area (Å²) >= 11 is 5.91. The SMILES string of the molecule is Nc1ccc(S(=O)(=O)N2CC3CCCC3C2)cc1Cl. The van der Waals surface area contributed by atoms with Gasteiger partial charge >= 0.3 is 0 Å². The summed E-state index contributed by atoms with van der Waals surface area (Å²) in [5.74, 6) is 1.08. The van der Waals surface area contributed by atoms with E-state index in [4.69, 9.17) is 17.3 Å². The van der Waals surface area contributed by atoms with E-state index in [1.54, 1.807) is 10.4 Å². The molecule has 104 valence electrons. The molecule has 0 bridgehead atoms. The number of hydrogen-bond acceptors (Lipinski definition) is 3. The van der Waals surface area contributed by atoms with E-state index in [0.717, 1.165) is 12.8 Å². The molecule has 6 heteroatoms. The van der Waals surface area contributed by atoms with Gasteiger partial charge < -0.3 is 5.73 Å². The van der Waals surface area contributed by atoms with Crippen LogP contribution in [0.2, 0.25) is 5.02 Å². The molecule has 1 saturated heterocycles. The number of fused-ring (bicyclic) bond motifs is 1. The first-order valence-corrected chi connectivity index (χ1v) is 8.35. The average molecular weight is 301 g/mol. The molecule has 1 aromatic rings. The number of anilines is 1. The fraction of sp³-hybridized carbons (Fsp3) is 0.538. The van der Waals surface area contributed by atoms with Crippen molar-refractivity contribution in [2.75, 3.05) is 18.8 Å². The second kappa shape index (κ2) is 4.65. The molecule has 1 aliphatic heterocycles. The second-order valence-corrected chi connectivity index (χ2v) is 7.80. The molecule has 0 amide bonds. The number of halogens is 1. The molecule has 1 aromatic carbocycles. The number of nitrogens with two attached hydrogens (primary N) is 1. The zero-order chi connectivity index (χ0) is 13.6. The molecule has 2 fully saturated rings. The maximum atomic E-state index is 12.6. The highest BCUT2D eigenvalue weighted by atomic mass is 35.5. The molecule has 1 saturated carbocycles. The van der Waals surface area contributed by atoms with E-state index in [2.05, 4.69) is 0 Å². The first-order chi connectivity index (χ1) is 8.98. The normalized spacial score (nSPS) is 27.6. The van der Waals surface area contributed by atoms with Gasteiger partial charge in [0, 0.05) is 13.1 Å². The zero-order valence-corrected chi connectivity index (χ0v) is 12.1. The summed E-state index contributed by atoms with van der Waals surface area (Å²) in [6, 6.07) is 4.52. The van der Waals surface area contributed by atoms with E-state index in [1.807, 2.05) is 0 Å². The van der Waals surface area contributed by atoms with Gasteiger partial charge in [0.2, 0.25) is 10.0 Å². The van der Waals surface area contributed by atoms with Gasteiger partial charge in [-0.15, -0.1) is 0 Å². The van der Waals surface area contributed by atoms with Crippen LogP contribution >= 0.6 is 11.6 Å². The number of benzene rings is 1. The van der Waals surface area contributed by atoms with Crippen LogP contribution in [-0.2, 0) is 10.0 Å². The summed E-state index contributed by atoms with van der Waals surface area (Å²) in [7, 11) is -3.43. The first kappa shape index (κ1) is 13.2. The largest absolute Gasteiger partial charge is 0.398 e. The van der Waals surface area contributed by atoms with Crippen LogP contribution in [-0.4, -0.2) is 25.8 Å². The number of rotatable bonds is 2.